The molecule has 6 heteroatoms. The molecule has 0 spiro atoms. The molecule has 4 nitrogen and oxygen atoms in total. The number of nitrogens with zero attached hydrogens (tertiary/aromatic N) is 1. The van der Waals surface area contributed by atoms with Crippen molar-refractivity contribution in [2.75, 3.05) is 11.9 Å². The second kappa shape index (κ2) is 5.59. The van der Waals surface area contributed by atoms with E-state index in [9.17, 15) is 10.1 Å². The molecular weight excluding hydrogens is 328 g/mol. The van der Waals surface area contributed by atoms with Gasteiger partial charge in [-0.2, -0.15) is 5.26 Å². The maximum absolute atomic E-state index is 11.5. The van der Waals surface area contributed by atoms with Crippen LogP contribution in [0.3, 0.4) is 0 Å². The first-order chi connectivity index (χ1) is 9.08. The van der Waals surface area contributed by atoms with Gasteiger partial charge in [0.05, 0.1) is 12.2 Å². The Morgan fingerprint density at radius 2 is 2.32 bits per heavy atom. The number of halogens is 1. The molecule has 0 aliphatic rings. The van der Waals surface area contributed by atoms with Gasteiger partial charge in [-0.15, -0.1) is 11.3 Å². The first kappa shape index (κ1) is 13.8. The Morgan fingerprint density at radius 1 is 1.58 bits per heavy atom. The molecule has 0 radical (unpaired) electrons. The van der Waals surface area contributed by atoms with Gasteiger partial charge < -0.3 is 4.74 Å². The van der Waals surface area contributed by atoms with Gasteiger partial charge in [-0.25, -0.2) is 4.79 Å². The Kier molecular flexibility index (Phi) is 4.08. The van der Waals surface area contributed by atoms with Crippen LogP contribution in [-0.2, 0) is 4.74 Å². The average Bonchev–Trinajstić information content (AvgIpc) is 2.73. The lowest BCUT2D eigenvalue weighted by Gasteiger charge is -2.02. The number of benzene rings is 1. The van der Waals surface area contributed by atoms with Crippen LogP contribution in [0.15, 0.2) is 16.6 Å². The van der Waals surface area contributed by atoms with Crippen LogP contribution in [-0.4, -0.2) is 12.7 Å². The first-order valence-electron chi connectivity index (χ1n) is 5.64. The summed E-state index contributed by atoms with van der Waals surface area (Å²) in [5.74, 6) is 0. The average molecular weight is 339 g/mol. The Labute approximate surface area is 123 Å². The highest BCUT2D eigenvalue weighted by molar-refractivity contribution is 9.10. The summed E-state index contributed by atoms with van der Waals surface area (Å²) in [7, 11) is 0. The van der Waals surface area contributed by atoms with E-state index in [-0.39, 0.29) is 0 Å². The summed E-state index contributed by atoms with van der Waals surface area (Å²) in [6, 6.07) is 6.02. The van der Waals surface area contributed by atoms with Gasteiger partial charge in [-0.3, -0.25) is 5.32 Å². The predicted octanol–water partition coefficient (Wildman–Crippen LogP) is 4.41. The molecule has 0 atom stereocenters. The van der Waals surface area contributed by atoms with E-state index in [2.05, 4.69) is 27.3 Å². The normalized spacial score (nSPS) is 10.2. The van der Waals surface area contributed by atoms with Gasteiger partial charge >= 0.3 is 6.09 Å². The molecule has 2 aromatic rings. The fourth-order valence-corrected chi connectivity index (χ4v) is 3.54. The van der Waals surface area contributed by atoms with Crippen LogP contribution in [0.1, 0.15) is 18.1 Å². The van der Waals surface area contributed by atoms with Crippen molar-refractivity contribution in [1.29, 1.82) is 5.26 Å². The number of thiophene rings is 1. The van der Waals surface area contributed by atoms with Crippen LogP contribution in [0, 0.1) is 18.3 Å². The highest BCUT2D eigenvalue weighted by Gasteiger charge is 2.17. The van der Waals surface area contributed by atoms with E-state index in [1.165, 1.54) is 11.3 Å². The third-order valence-corrected chi connectivity index (χ3v) is 4.49. The first-order valence-corrected chi connectivity index (χ1v) is 7.25. The van der Waals surface area contributed by atoms with Crippen LogP contribution >= 0.6 is 27.3 Å². The molecule has 2 rings (SSSR count). The zero-order chi connectivity index (χ0) is 14.0. The van der Waals surface area contributed by atoms with Gasteiger partial charge in [-0.1, -0.05) is 22.0 Å². The molecule has 0 aliphatic heterocycles. The monoisotopic (exact) mass is 338 g/mol. The fourth-order valence-electron chi connectivity index (χ4n) is 1.75. The van der Waals surface area contributed by atoms with Gasteiger partial charge in [0, 0.05) is 14.6 Å². The summed E-state index contributed by atoms with van der Waals surface area (Å²) in [4.78, 5) is 11.5. The number of hydrogen-bond donors (Lipinski definition) is 1. The number of anilines is 1. The number of fused-ring (bicyclic) bond motifs is 1. The van der Waals surface area contributed by atoms with Crippen molar-refractivity contribution < 1.29 is 9.53 Å². The van der Waals surface area contributed by atoms with E-state index >= 15 is 0 Å². The molecule has 0 saturated heterocycles. The Morgan fingerprint density at radius 3 is 2.95 bits per heavy atom. The summed E-state index contributed by atoms with van der Waals surface area (Å²) >= 11 is 4.82. The van der Waals surface area contributed by atoms with Gasteiger partial charge in [0.2, 0.25) is 0 Å². The minimum absolute atomic E-state index is 0.293. The smallest absolute Gasteiger partial charge is 0.412 e. The van der Waals surface area contributed by atoms with Gasteiger partial charge in [0.15, 0.2) is 0 Å². The van der Waals surface area contributed by atoms with E-state index in [1.54, 1.807) is 6.92 Å². The van der Waals surface area contributed by atoms with E-state index < -0.39 is 6.09 Å². The number of ether oxygens (including phenoxy) is 1. The SMILES string of the molecule is CCOC(=O)Nc1sc2c(C)ccc(Br)c2c1C#N. The molecular formula is C13H11BrN2O2S. The molecule has 0 fully saturated rings. The summed E-state index contributed by atoms with van der Waals surface area (Å²) in [5.41, 5.74) is 1.53. The van der Waals surface area contributed by atoms with Crippen LogP contribution in [0.25, 0.3) is 10.1 Å². The Bertz CT molecular complexity index is 688. The molecule has 0 aliphatic carbocycles. The van der Waals surface area contributed by atoms with Crippen LogP contribution in [0.2, 0.25) is 0 Å². The molecule has 1 aromatic heterocycles. The molecule has 19 heavy (non-hydrogen) atoms. The minimum atomic E-state index is -0.542. The van der Waals surface area contributed by atoms with E-state index in [4.69, 9.17) is 4.74 Å². The highest BCUT2D eigenvalue weighted by atomic mass is 79.9. The quantitative estimate of drug-likeness (QED) is 0.881. The maximum Gasteiger partial charge on any atom is 0.412 e. The van der Waals surface area contributed by atoms with Crippen molar-refractivity contribution in [3.63, 3.8) is 0 Å². The Hall–Kier alpha value is -1.58. The molecule has 1 heterocycles. The van der Waals surface area contributed by atoms with Gasteiger partial charge in [0.1, 0.15) is 11.1 Å². The van der Waals surface area contributed by atoms with Crippen molar-refractivity contribution in [1.82, 2.24) is 0 Å². The number of hydrogen-bond acceptors (Lipinski definition) is 4. The molecule has 0 bridgehead atoms. The fraction of sp³-hybridized carbons (Fsp3) is 0.231. The standard InChI is InChI=1S/C13H11BrN2O2S/c1-3-18-13(17)16-12-8(6-15)10-9(14)5-4-7(2)11(10)19-12/h4-5H,3H2,1-2H3,(H,16,17). The van der Waals surface area contributed by atoms with Crippen LogP contribution in [0.5, 0.6) is 0 Å². The lowest BCUT2D eigenvalue weighted by molar-refractivity contribution is 0.168. The number of nitrogens with one attached hydrogen (secondary N) is 1. The van der Waals surface area contributed by atoms with E-state index in [0.29, 0.717) is 17.2 Å². The third kappa shape index (κ3) is 2.57. The van der Waals surface area contributed by atoms with Crippen LogP contribution in [0.4, 0.5) is 9.80 Å². The molecule has 0 unspecified atom stereocenters. The van der Waals surface area contributed by atoms with Crippen LogP contribution < -0.4 is 5.32 Å². The molecule has 98 valence electrons. The van der Waals surface area contributed by atoms with E-state index in [1.807, 2.05) is 19.1 Å². The summed E-state index contributed by atoms with van der Waals surface area (Å²) in [6.45, 7) is 4.00. The zero-order valence-corrected chi connectivity index (χ0v) is 12.8. The highest BCUT2D eigenvalue weighted by Crippen LogP contribution is 2.40. The largest absolute Gasteiger partial charge is 0.450 e. The van der Waals surface area contributed by atoms with Gasteiger partial charge in [0.25, 0.3) is 0 Å². The lowest BCUT2D eigenvalue weighted by Crippen LogP contribution is -2.12. The number of rotatable bonds is 2. The number of aryl methyl sites for hydroxylation is 1. The van der Waals surface area contributed by atoms with Crippen molar-refractivity contribution in [2.45, 2.75) is 13.8 Å². The van der Waals surface area contributed by atoms with E-state index in [0.717, 1.165) is 20.1 Å². The zero-order valence-electron chi connectivity index (χ0n) is 10.4. The third-order valence-electron chi connectivity index (χ3n) is 2.59. The van der Waals surface area contributed by atoms with Crippen molar-refractivity contribution in [3.05, 3.63) is 27.7 Å². The van der Waals surface area contributed by atoms with Crippen molar-refractivity contribution >= 4 is 48.4 Å². The molecule has 0 saturated carbocycles. The molecule has 1 amide bonds. The van der Waals surface area contributed by atoms with Gasteiger partial charge in [-0.05, 0) is 25.5 Å². The number of carbonyl (C=O) groups excluding carboxylic acids is 1. The number of nitriles is 1. The maximum atomic E-state index is 11.5. The second-order valence-corrected chi connectivity index (χ2v) is 5.71. The second-order valence-electron chi connectivity index (χ2n) is 3.83. The number of amides is 1. The minimum Gasteiger partial charge on any atom is -0.450 e. The molecule has 1 N–H and O–H groups in total. The predicted molar refractivity (Wildman–Crippen MR) is 79.6 cm³/mol. The lowest BCUT2D eigenvalue weighted by atomic mass is 10.1. The summed E-state index contributed by atoms with van der Waals surface area (Å²) in [5, 5.41) is 13.3. The number of carbonyl (C=O) groups is 1. The summed E-state index contributed by atoms with van der Waals surface area (Å²) < 4.78 is 6.67. The van der Waals surface area contributed by atoms with Crippen molar-refractivity contribution in [3.8, 4) is 6.07 Å². The summed E-state index contributed by atoms with van der Waals surface area (Å²) in [6.07, 6.45) is -0.542. The van der Waals surface area contributed by atoms with Crippen molar-refractivity contribution in [2.24, 2.45) is 0 Å². The molecule has 1 aromatic carbocycles. The topological polar surface area (TPSA) is 62.1 Å². The Balaban J connectivity index is 2.57.